The van der Waals surface area contributed by atoms with Crippen LogP contribution >= 0.6 is 0 Å². The lowest BCUT2D eigenvalue weighted by molar-refractivity contribution is 0.0735. The van der Waals surface area contributed by atoms with Gasteiger partial charge in [-0.2, -0.15) is 0 Å². The van der Waals surface area contributed by atoms with E-state index in [0.29, 0.717) is 5.56 Å². The highest BCUT2D eigenvalue weighted by Gasteiger charge is 2.30. The molecule has 102 valence electrons. The molecule has 1 saturated heterocycles. The van der Waals surface area contributed by atoms with E-state index < -0.39 is 0 Å². The molecule has 2 heterocycles. The fraction of sp³-hybridized carbons (Fsp3) is 0.250. The van der Waals surface area contributed by atoms with E-state index >= 15 is 0 Å². The zero-order valence-corrected chi connectivity index (χ0v) is 11.0. The average Bonchev–Trinajstić information content (AvgIpc) is 2.97. The first kappa shape index (κ1) is 12.8. The lowest BCUT2D eigenvalue weighted by Gasteiger charge is -2.25. The summed E-state index contributed by atoms with van der Waals surface area (Å²) in [5.41, 5.74) is 1.64. The Morgan fingerprint density at radius 1 is 1.15 bits per heavy atom. The van der Waals surface area contributed by atoms with E-state index in [9.17, 15) is 9.18 Å². The number of nitrogens with zero attached hydrogens (tertiary/aromatic N) is 2. The number of aromatic nitrogens is 1. The summed E-state index contributed by atoms with van der Waals surface area (Å²) < 4.78 is 13.0. The molecule has 1 aliphatic rings. The van der Waals surface area contributed by atoms with Gasteiger partial charge < -0.3 is 4.90 Å². The van der Waals surface area contributed by atoms with Crippen molar-refractivity contribution in [2.45, 2.75) is 18.9 Å². The number of amides is 1. The maximum atomic E-state index is 13.0. The van der Waals surface area contributed by atoms with Gasteiger partial charge in [0.05, 0.1) is 6.04 Å². The van der Waals surface area contributed by atoms with Crippen LogP contribution in [0.1, 0.15) is 34.8 Å². The van der Waals surface area contributed by atoms with E-state index in [0.717, 1.165) is 24.9 Å². The number of pyridine rings is 1. The van der Waals surface area contributed by atoms with Crippen molar-refractivity contribution in [3.05, 3.63) is 65.7 Å². The summed E-state index contributed by atoms with van der Waals surface area (Å²) in [5, 5.41) is 0. The highest BCUT2D eigenvalue weighted by Crippen LogP contribution is 2.33. The lowest BCUT2D eigenvalue weighted by Crippen LogP contribution is -2.30. The van der Waals surface area contributed by atoms with Gasteiger partial charge in [-0.1, -0.05) is 12.1 Å². The van der Waals surface area contributed by atoms with Crippen molar-refractivity contribution >= 4 is 5.91 Å². The van der Waals surface area contributed by atoms with Gasteiger partial charge in [-0.05, 0) is 42.7 Å². The predicted molar refractivity (Wildman–Crippen MR) is 73.6 cm³/mol. The van der Waals surface area contributed by atoms with E-state index in [1.807, 2.05) is 4.90 Å². The topological polar surface area (TPSA) is 33.2 Å². The van der Waals surface area contributed by atoms with Gasteiger partial charge in [0.1, 0.15) is 5.82 Å². The molecule has 0 radical (unpaired) electrons. The van der Waals surface area contributed by atoms with Gasteiger partial charge in [0, 0.05) is 24.5 Å². The first-order valence-electron chi connectivity index (χ1n) is 6.72. The number of benzene rings is 1. The predicted octanol–water partition coefficient (Wildman–Crippen LogP) is 3.20. The number of hydrogen-bond donors (Lipinski definition) is 0. The Labute approximate surface area is 117 Å². The van der Waals surface area contributed by atoms with Gasteiger partial charge in [0.15, 0.2) is 0 Å². The van der Waals surface area contributed by atoms with Gasteiger partial charge in [-0.3, -0.25) is 9.78 Å². The molecule has 3 rings (SSSR count). The highest BCUT2D eigenvalue weighted by molar-refractivity contribution is 5.94. The Morgan fingerprint density at radius 3 is 2.55 bits per heavy atom. The van der Waals surface area contributed by atoms with Crippen LogP contribution in [0.5, 0.6) is 0 Å². The normalized spacial score (nSPS) is 18.2. The molecule has 1 atom stereocenters. The third-order valence-electron chi connectivity index (χ3n) is 3.70. The van der Waals surface area contributed by atoms with Gasteiger partial charge >= 0.3 is 0 Å². The zero-order chi connectivity index (χ0) is 13.9. The second-order valence-electron chi connectivity index (χ2n) is 4.94. The Morgan fingerprint density at radius 2 is 1.85 bits per heavy atom. The van der Waals surface area contributed by atoms with Gasteiger partial charge in [-0.15, -0.1) is 0 Å². The summed E-state index contributed by atoms with van der Waals surface area (Å²) in [6, 6.07) is 9.91. The molecule has 4 heteroatoms. The number of carbonyl (C=O) groups excluding carboxylic acids is 1. The summed E-state index contributed by atoms with van der Waals surface area (Å²) in [7, 11) is 0. The van der Waals surface area contributed by atoms with E-state index in [1.165, 1.54) is 12.1 Å². The Balaban J connectivity index is 1.86. The van der Waals surface area contributed by atoms with Crippen molar-refractivity contribution in [3.63, 3.8) is 0 Å². The minimum absolute atomic E-state index is 0.0132. The SMILES string of the molecule is O=C(c1ccncc1)N1CCCC1c1ccc(F)cc1. The summed E-state index contributed by atoms with van der Waals surface area (Å²) in [4.78, 5) is 18.3. The summed E-state index contributed by atoms with van der Waals surface area (Å²) in [5.74, 6) is -0.238. The van der Waals surface area contributed by atoms with Crippen molar-refractivity contribution in [1.82, 2.24) is 9.88 Å². The summed E-state index contributed by atoms with van der Waals surface area (Å²) in [6.07, 6.45) is 5.13. The van der Waals surface area contributed by atoms with E-state index in [2.05, 4.69) is 4.98 Å². The van der Waals surface area contributed by atoms with Crippen LogP contribution in [0, 0.1) is 5.82 Å². The molecule has 0 spiro atoms. The molecular weight excluding hydrogens is 255 g/mol. The molecule has 0 N–H and O–H groups in total. The van der Waals surface area contributed by atoms with Crippen LogP contribution in [0.2, 0.25) is 0 Å². The molecule has 1 aliphatic heterocycles. The van der Waals surface area contributed by atoms with Crippen LogP contribution < -0.4 is 0 Å². The first-order chi connectivity index (χ1) is 9.75. The van der Waals surface area contributed by atoms with Crippen molar-refractivity contribution in [2.75, 3.05) is 6.54 Å². The van der Waals surface area contributed by atoms with Crippen molar-refractivity contribution in [1.29, 1.82) is 0 Å². The average molecular weight is 270 g/mol. The molecule has 0 saturated carbocycles. The molecule has 1 aromatic heterocycles. The van der Waals surface area contributed by atoms with Gasteiger partial charge in [-0.25, -0.2) is 4.39 Å². The number of likely N-dealkylation sites (tertiary alicyclic amines) is 1. The van der Waals surface area contributed by atoms with Crippen LogP contribution in [0.15, 0.2) is 48.8 Å². The number of carbonyl (C=O) groups is 1. The molecular formula is C16H15FN2O. The standard InChI is InChI=1S/C16H15FN2O/c17-14-5-3-12(4-6-14)15-2-1-11-19(15)16(20)13-7-9-18-10-8-13/h3-10,15H,1-2,11H2. The third-order valence-corrected chi connectivity index (χ3v) is 3.70. The molecule has 1 aromatic carbocycles. The van der Waals surface area contributed by atoms with Crippen LogP contribution in [-0.2, 0) is 0 Å². The van der Waals surface area contributed by atoms with Crippen LogP contribution in [0.3, 0.4) is 0 Å². The Kier molecular flexibility index (Phi) is 3.46. The number of rotatable bonds is 2. The molecule has 0 bridgehead atoms. The lowest BCUT2D eigenvalue weighted by atomic mass is 10.0. The minimum atomic E-state index is -0.251. The number of halogens is 1. The van der Waals surface area contributed by atoms with Crippen LogP contribution in [0.25, 0.3) is 0 Å². The highest BCUT2D eigenvalue weighted by atomic mass is 19.1. The van der Waals surface area contributed by atoms with Crippen molar-refractivity contribution in [2.24, 2.45) is 0 Å². The van der Waals surface area contributed by atoms with Gasteiger partial charge in [0.25, 0.3) is 5.91 Å². The second-order valence-corrected chi connectivity index (χ2v) is 4.94. The summed E-state index contributed by atoms with van der Waals surface area (Å²) in [6.45, 7) is 0.739. The van der Waals surface area contributed by atoms with E-state index in [4.69, 9.17) is 0 Å². The van der Waals surface area contributed by atoms with Crippen LogP contribution in [0.4, 0.5) is 4.39 Å². The first-order valence-corrected chi connectivity index (χ1v) is 6.72. The largest absolute Gasteiger partial charge is 0.332 e. The Hall–Kier alpha value is -2.23. The second kappa shape index (κ2) is 5.41. The van der Waals surface area contributed by atoms with E-state index in [1.54, 1.807) is 36.7 Å². The smallest absolute Gasteiger partial charge is 0.254 e. The zero-order valence-electron chi connectivity index (χ0n) is 11.0. The molecule has 1 unspecified atom stereocenters. The quantitative estimate of drug-likeness (QED) is 0.839. The summed E-state index contributed by atoms with van der Waals surface area (Å²) >= 11 is 0. The number of hydrogen-bond acceptors (Lipinski definition) is 2. The molecule has 0 aliphatic carbocycles. The molecule has 1 fully saturated rings. The van der Waals surface area contributed by atoms with Crippen molar-refractivity contribution in [3.8, 4) is 0 Å². The monoisotopic (exact) mass is 270 g/mol. The van der Waals surface area contributed by atoms with Crippen molar-refractivity contribution < 1.29 is 9.18 Å². The van der Waals surface area contributed by atoms with Crippen LogP contribution in [-0.4, -0.2) is 22.3 Å². The fourth-order valence-electron chi connectivity index (χ4n) is 2.70. The molecule has 2 aromatic rings. The molecule has 3 nitrogen and oxygen atoms in total. The van der Waals surface area contributed by atoms with Gasteiger partial charge in [0.2, 0.25) is 0 Å². The fourth-order valence-corrected chi connectivity index (χ4v) is 2.70. The minimum Gasteiger partial charge on any atom is -0.332 e. The molecule has 1 amide bonds. The maximum Gasteiger partial charge on any atom is 0.254 e. The maximum absolute atomic E-state index is 13.0. The Bertz CT molecular complexity index is 598. The van der Waals surface area contributed by atoms with E-state index in [-0.39, 0.29) is 17.8 Å². The molecule has 20 heavy (non-hydrogen) atoms. The third kappa shape index (κ3) is 2.41.